The number of halogens is 1. The summed E-state index contributed by atoms with van der Waals surface area (Å²) < 4.78 is 11.3. The molecule has 24 heavy (non-hydrogen) atoms. The molecule has 0 radical (unpaired) electrons. The fraction of sp³-hybridized carbons (Fsp3) is 0.211. The molecule has 0 unspecified atom stereocenters. The van der Waals surface area contributed by atoms with Gasteiger partial charge in [-0.1, -0.05) is 35.9 Å². The lowest BCUT2D eigenvalue weighted by molar-refractivity contribution is 0.0984. The predicted octanol–water partition coefficient (Wildman–Crippen LogP) is 5.18. The molecule has 0 aliphatic rings. The summed E-state index contributed by atoms with van der Waals surface area (Å²) >= 11 is 6.19. The number of rotatable bonds is 5. The van der Waals surface area contributed by atoms with E-state index in [0.29, 0.717) is 29.5 Å². The molecule has 0 aliphatic heterocycles. The second-order valence-corrected chi connectivity index (χ2v) is 5.89. The molecule has 1 heterocycles. The minimum absolute atomic E-state index is 0.251. The van der Waals surface area contributed by atoms with Crippen LogP contribution in [0.1, 0.15) is 28.6 Å². The van der Waals surface area contributed by atoms with Gasteiger partial charge in [-0.2, -0.15) is 0 Å². The number of amides is 1. The second kappa shape index (κ2) is 7.07. The van der Waals surface area contributed by atoms with Gasteiger partial charge in [0.1, 0.15) is 5.58 Å². The Bertz CT molecular complexity index is 885. The molecule has 0 atom stereocenters. The fourth-order valence-corrected chi connectivity index (χ4v) is 2.81. The Morgan fingerprint density at radius 2 is 2.04 bits per heavy atom. The molecule has 3 rings (SSSR count). The van der Waals surface area contributed by atoms with Crippen LogP contribution in [-0.2, 0) is 11.3 Å². The average Bonchev–Trinajstić information content (AvgIpc) is 2.94. The number of aryl methyl sites for hydroxylation is 1. The van der Waals surface area contributed by atoms with Crippen molar-refractivity contribution in [1.29, 1.82) is 0 Å². The van der Waals surface area contributed by atoms with Crippen LogP contribution in [-0.4, -0.2) is 12.5 Å². The maximum absolute atomic E-state index is 12.7. The van der Waals surface area contributed by atoms with E-state index in [1.54, 1.807) is 12.1 Å². The summed E-state index contributed by atoms with van der Waals surface area (Å²) in [5.74, 6) is -0.0899. The van der Waals surface area contributed by atoms with Gasteiger partial charge in [0.25, 0.3) is 5.91 Å². The van der Waals surface area contributed by atoms with Gasteiger partial charge >= 0.3 is 0 Å². The van der Waals surface area contributed by atoms with Gasteiger partial charge in [-0.15, -0.1) is 0 Å². The van der Waals surface area contributed by atoms with Crippen LogP contribution in [0.4, 0.5) is 5.69 Å². The molecule has 1 amide bonds. The first-order valence-corrected chi connectivity index (χ1v) is 8.13. The van der Waals surface area contributed by atoms with E-state index < -0.39 is 0 Å². The highest BCUT2D eigenvalue weighted by molar-refractivity contribution is 6.34. The van der Waals surface area contributed by atoms with Crippen LogP contribution in [0.5, 0.6) is 0 Å². The van der Waals surface area contributed by atoms with E-state index in [2.05, 4.69) is 5.32 Å². The van der Waals surface area contributed by atoms with Crippen LogP contribution < -0.4 is 5.32 Å². The Morgan fingerprint density at radius 1 is 1.25 bits per heavy atom. The number of ether oxygens (including phenoxy) is 1. The molecule has 5 heteroatoms. The molecule has 0 bridgehead atoms. The van der Waals surface area contributed by atoms with Crippen molar-refractivity contribution >= 4 is 34.2 Å². The molecule has 3 aromatic rings. The summed E-state index contributed by atoms with van der Waals surface area (Å²) in [7, 11) is 0. The van der Waals surface area contributed by atoms with Gasteiger partial charge in [-0.05, 0) is 37.6 Å². The zero-order chi connectivity index (χ0) is 17.1. The van der Waals surface area contributed by atoms with Crippen LogP contribution in [0, 0.1) is 6.92 Å². The molecule has 4 nitrogen and oxygen atoms in total. The van der Waals surface area contributed by atoms with Gasteiger partial charge in [0, 0.05) is 17.6 Å². The minimum Gasteiger partial charge on any atom is -0.451 e. The minimum atomic E-state index is -0.341. The molecule has 0 spiro atoms. The first-order valence-electron chi connectivity index (χ1n) is 7.75. The maximum Gasteiger partial charge on any atom is 0.291 e. The summed E-state index contributed by atoms with van der Waals surface area (Å²) in [6.07, 6.45) is 0. The SMILES string of the molecule is CCOCc1c(C(=O)Nc2ccc(C)cc2Cl)oc2ccccc12. The van der Waals surface area contributed by atoms with Crippen LogP contribution in [0.3, 0.4) is 0 Å². The summed E-state index contributed by atoms with van der Waals surface area (Å²) in [6, 6.07) is 13.0. The third kappa shape index (κ3) is 3.30. The summed E-state index contributed by atoms with van der Waals surface area (Å²) in [4.78, 5) is 12.7. The first-order chi connectivity index (χ1) is 11.6. The van der Waals surface area contributed by atoms with Crippen molar-refractivity contribution < 1.29 is 13.9 Å². The van der Waals surface area contributed by atoms with Gasteiger partial charge < -0.3 is 14.5 Å². The average molecular weight is 344 g/mol. The normalized spacial score (nSPS) is 11.0. The number of benzene rings is 2. The number of fused-ring (bicyclic) bond motifs is 1. The van der Waals surface area contributed by atoms with E-state index in [1.807, 2.05) is 44.2 Å². The van der Waals surface area contributed by atoms with Gasteiger partial charge in [-0.3, -0.25) is 4.79 Å². The number of hydrogen-bond donors (Lipinski definition) is 1. The third-order valence-electron chi connectivity index (χ3n) is 3.73. The monoisotopic (exact) mass is 343 g/mol. The summed E-state index contributed by atoms with van der Waals surface area (Å²) in [6.45, 7) is 4.73. The number of nitrogens with one attached hydrogen (secondary N) is 1. The molecule has 0 saturated carbocycles. The van der Waals surface area contributed by atoms with Crippen LogP contribution in [0.25, 0.3) is 11.0 Å². The Morgan fingerprint density at radius 3 is 2.79 bits per heavy atom. The molecule has 0 aliphatic carbocycles. The van der Waals surface area contributed by atoms with Gasteiger partial charge in [-0.25, -0.2) is 0 Å². The van der Waals surface area contributed by atoms with E-state index in [4.69, 9.17) is 20.8 Å². The molecule has 0 saturated heterocycles. The highest BCUT2D eigenvalue weighted by Gasteiger charge is 2.21. The van der Waals surface area contributed by atoms with E-state index >= 15 is 0 Å². The number of anilines is 1. The topological polar surface area (TPSA) is 51.5 Å². The van der Waals surface area contributed by atoms with Crippen LogP contribution in [0.15, 0.2) is 46.9 Å². The van der Waals surface area contributed by atoms with Crippen LogP contribution >= 0.6 is 11.6 Å². The Hall–Kier alpha value is -2.30. The lowest BCUT2D eigenvalue weighted by Gasteiger charge is -2.08. The maximum atomic E-state index is 12.7. The lowest BCUT2D eigenvalue weighted by Crippen LogP contribution is -2.13. The highest BCUT2D eigenvalue weighted by atomic mass is 35.5. The second-order valence-electron chi connectivity index (χ2n) is 5.48. The van der Waals surface area contributed by atoms with E-state index in [9.17, 15) is 4.79 Å². The summed E-state index contributed by atoms with van der Waals surface area (Å²) in [5.41, 5.74) is 2.98. The number of carbonyl (C=O) groups is 1. The molecule has 1 aromatic heterocycles. The van der Waals surface area contributed by atoms with Crippen molar-refractivity contribution in [3.05, 3.63) is 64.4 Å². The van der Waals surface area contributed by atoms with E-state index in [1.165, 1.54) is 0 Å². The lowest BCUT2D eigenvalue weighted by atomic mass is 10.1. The van der Waals surface area contributed by atoms with Gasteiger partial charge in [0.15, 0.2) is 5.76 Å². The van der Waals surface area contributed by atoms with Gasteiger partial charge in [0.05, 0.1) is 17.3 Å². The Balaban J connectivity index is 1.96. The van der Waals surface area contributed by atoms with Crippen LogP contribution in [0.2, 0.25) is 5.02 Å². The fourth-order valence-electron chi connectivity index (χ4n) is 2.53. The van der Waals surface area contributed by atoms with Crippen molar-refractivity contribution in [2.75, 3.05) is 11.9 Å². The molecular formula is C19H18ClNO3. The number of para-hydroxylation sites is 1. The molecule has 1 N–H and O–H groups in total. The Labute approximate surface area is 145 Å². The third-order valence-corrected chi connectivity index (χ3v) is 4.04. The largest absolute Gasteiger partial charge is 0.451 e. The standard InChI is InChI=1S/C19H18ClNO3/c1-3-23-11-14-13-6-4-5-7-17(13)24-18(14)19(22)21-16-9-8-12(2)10-15(16)20/h4-10H,3,11H2,1-2H3,(H,21,22). The molecule has 124 valence electrons. The quantitative estimate of drug-likeness (QED) is 0.694. The van der Waals surface area contributed by atoms with Crippen molar-refractivity contribution in [3.8, 4) is 0 Å². The van der Waals surface area contributed by atoms with E-state index in [-0.39, 0.29) is 11.7 Å². The first kappa shape index (κ1) is 16.6. The number of carbonyl (C=O) groups excluding carboxylic acids is 1. The summed E-state index contributed by atoms with van der Waals surface area (Å²) in [5, 5.41) is 4.18. The zero-order valence-corrected chi connectivity index (χ0v) is 14.3. The van der Waals surface area contributed by atoms with Crippen molar-refractivity contribution in [1.82, 2.24) is 0 Å². The van der Waals surface area contributed by atoms with Crippen molar-refractivity contribution in [3.63, 3.8) is 0 Å². The van der Waals surface area contributed by atoms with Crippen molar-refractivity contribution in [2.45, 2.75) is 20.5 Å². The highest BCUT2D eigenvalue weighted by Crippen LogP contribution is 2.29. The van der Waals surface area contributed by atoms with E-state index in [0.717, 1.165) is 16.5 Å². The number of furan rings is 1. The number of hydrogen-bond acceptors (Lipinski definition) is 3. The molecule has 0 fully saturated rings. The zero-order valence-electron chi connectivity index (χ0n) is 13.6. The smallest absolute Gasteiger partial charge is 0.291 e. The molecular weight excluding hydrogens is 326 g/mol. The van der Waals surface area contributed by atoms with Crippen molar-refractivity contribution in [2.24, 2.45) is 0 Å². The predicted molar refractivity (Wildman–Crippen MR) is 95.7 cm³/mol. The van der Waals surface area contributed by atoms with Gasteiger partial charge in [0.2, 0.25) is 0 Å². The Kier molecular flexibility index (Phi) is 4.88. The molecule has 2 aromatic carbocycles.